The van der Waals surface area contributed by atoms with Gasteiger partial charge in [0.15, 0.2) is 0 Å². The Hall–Kier alpha value is -2.17. The molecule has 0 aliphatic heterocycles. The first-order chi connectivity index (χ1) is 9.19. The van der Waals surface area contributed by atoms with Crippen molar-refractivity contribution in [1.82, 2.24) is 15.0 Å². The van der Waals surface area contributed by atoms with Crippen LogP contribution in [0.15, 0.2) is 18.3 Å². The fourth-order valence-corrected chi connectivity index (χ4v) is 2.00. The zero-order chi connectivity index (χ0) is 13.4. The summed E-state index contributed by atoms with van der Waals surface area (Å²) < 4.78 is 5.06. The second-order valence-corrected chi connectivity index (χ2v) is 4.80. The first-order valence-corrected chi connectivity index (χ1v) is 6.33. The first kappa shape index (κ1) is 11.9. The Balaban J connectivity index is 2.06. The molecule has 5 nitrogen and oxygen atoms in total. The number of nitrogen functional groups attached to an aromatic ring is 1. The highest BCUT2D eigenvalue weighted by atomic mass is 16.5. The third kappa shape index (κ3) is 2.23. The summed E-state index contributed by atoms with van der Waals surface area (Å²) in [6.07, 6.45) is 4.07. The lowest BCUT2D eigenvalue weighted by Crippen LogP contribution is -2.04. The van der Waals surface area contributed by atoms with Crippen molar-refractivity contribution in [1.29, 1.82) is 0 Å². The Morgan fingerprint density at radius 2 is 2.05 bits per heavy atom. The van der Waals surface area contributed by atoms with Crippen LogP contribution in [0.25, 0.3) is 11.3 Å². The maximum Gasteiger partial charge on any atom is 0.212 e. The van der Waals surface area contributed by atoms with E-state index in [4.69, 9.17) is 10.5 Å². The lowest BCUT2D eigenvalue weighted by molar-refractivity contribution is 0.398. The van der Waals surface area contributed by atoms with E-state index in [1.807, 2.05) is 19.1 Å². The molecule has 0 spiro atoms. The highest BCUT2D eigenvalue weighted by molar-refractivity contribution is 5.66. The van der Waals surface area contributed by atoms with Gasteiger partial charge in [0.05, 0.1) is 12.8 Å². The van der Waals surface area contributed by atoms with Crippen LogP contribution in [0.2, 0.25) is 0 Å². The van der Waals surface area contributed by atoms with E-state index < -0.39 is 0 Å². The van der Waals surface area contributed by atoms with E-state index in [0.717, 1.165) is 35.5 Å². The lowest BCUT2D eigenvalue weighted by atomic mass is 10.1. The fraction of sp³-hybridized carbons (Fsp3) is 0.357. The Bertz CT molecular complexity index is 606. The molecule has 1 fully saturated rings. The SMILES string of the molecule is COc1ccc(-c2nc(C3CC3)nc(N)c2C)cn1. The number of ether oxygens (including phenoxy) is 1. The van der Waals surface area contributed by atoms with E-state index in [1.54, 1.807) is 13.3 Å². The van der Waals surface area contributed by atoms with Crippen LogP contribution in [0, 0.1) is 6.92 Å². The molecular formula is C14H16N4O. The number of hydrogen-bond donors (Lipinski definition) is 1. The van der Waals surface area contributed by atoms with Crippen molar-refractivity contribution in [3.63, 3.8) is 0 Å². The van der Waals surface area contributed by atoms with Crippen molar-refractivity contribution in [2.45, 2.75) is 25.7 Å². The number of anilines is 1. The number of methoxy groups -OCH3 is 1. The van der Waals surface area contributed by atoms with Crippen LogP contribution in [0.3, 0.4) is 0 Å². The molecule has 2 heterocycles. The smallest absolute Gasteiger partial charge is 0.212 e. The van der Waals surface area contributed by atoms with Gasteiger partial charge in [-0.1, -0.05) is 0 Å². The first-order valence-electron chi connectivity index (χ1n) is 6.33. The monoisotopic (exact) mass is 256 g/mol. The summed E-state index contributed by atoms with van der Waals surface area (Å²) in [5.41, 5.74) is 8.69. The Labute approximate surface area is 111 Å². The molecule has 98 valence electrons. The van der Waals surface area contributed by atoms with Crippen LogP contribution in [-0.2, 0) is 0 Å². The number of pyridine rings is 1. The number of nitrogens with two attached hydrogens (primary N) is 1. The standard InChI is InChI=1S/C14H16N4O/c1-8-12(10-5-6-11(19-2)16-7-10)17-14(9-3-4-9)18-13(8)15/h5-7,9H,3-4H2,1-2H3,(H2,15,17,18). The molecule has 0 unspecified atom stereocenters. The molecule has 0 aromatic carbocycles. The molecule has 0 bridgehead atoms. The molecule has 1 aliphatic rings. The lowest BCUT2D eigenvalue weighted by Gasteiger charge is -2.10. The summed E-state index contributed by atoms with van der Waals surface area (Å²) in [5, 5.41) is 0. The Morgan fingerprint density at radius 3 is 2.63 bits per heavy atom. The summed E-state index contributed by atoms with van der Waals surface area (Å²) in [6.45, 7) is 1.94. The Kier molecular flexibility index (Phi) is 2.81. The van der Waals surface area contributed by atoms with E-state index in [1.165, 1.54) is 0 Å². The molecule has 1 saturated carbocycles. The van der Waals surface area contributed by atoms with E-state index >= 15 is 0 Å². The van der Waals surface area contributed by atoms with Gasteiger partial charge < -0.3 is 10.5 Å². The zero-order valence-electron chi connectivity index (χ0n) is 11.1. The van der Waals surface area contributed by atoms with Gasteiger partial charge in [-0.25, -0.2) is 15.0 Å². The molecule has 5 heteroatoms. The highest BCUT2D eigenvalue weighted by Crippen LogP contribution is 2.39. The molecule has 0 atom stereocenters. The third-order valence-corrected chi connectivity index (χ3v) is 3.36. The van der Waals surface area contributed by atoms with Crippen LogP contribution >= 0.6 is 0 Å². The molecule has 0 amide bonds. The predicted octanol–water partition coefficient (Wildman–Crippen LogP) is 2.32. The average Bonchev–Trinajstić information content (AvgIpc) is 3.26. The molecule has 0 radical (unpaired) electrons. The second kappa shape index (κ2) is 4.50. The molecular weight excluding hydrogens is 240 g/mol. The van der Waals surface area contributed by atoms with Crippen molar-refractivity contribution in [2.75, 3.05) is 12.8 Å². The van der Waals surface area contributed by atoms with Gasteiger partial charge in [-0.15, -0.1) is 0 Å². The average molecular weight is 256 g/mol. The van der Waals surface area contributed by atoms with Gasteiger partial charge in [0.1, 0.15) is 11.6 Å². The minimum atomic E-state index is 0.479. The molecule has 0 saturated heterocycles. The molecule has 1 aliphatic carbocycles. The number of rotatable bonds is 3. The quantitative estimate of drug-likeness (QED) is 0.912. The van der Waals surface area contributed by atoms with Gasteiger partial charge in [0.25, 0.3) is 0 Å². The maximum atomic E-state index is 5.98. The molecule has 19 heavy (non-hydrogen) atoms. The molecule has 2 N–H and O–H groups in total. The van der Waals surface area contributed by atoms with Gasteiger partial charge in [-0.05, 0) is 25.8 Å². The summed E-state index contributed by atoms with van der Waals surface area (Å²) >= 11 is 0. The van der Waals surface area contributed by atoms with Gasteiger partial charge >= 0.3 is 0 Å². The van der Waals surface area contributed by atoms with Crippen LogP contribution < -0.4 is 10.5 Å². The largest absolute Gasteiger partial charge is 0.481 e. The minimum Gasteiger partial charge on any atom is -0.481 e. The third-order valence-electron chi connectivity index (χ3n) is 3.36. The molecule has 2 aromatic rings. The normalized spacial score (nSPS) is 14.4. The fourth-order valence-electron chi connectivity index (χ4n) is 2.00. The summed E-state index contributed by atoms with van der Waals surface area (Å²) in [6, 6.07) is 3.77. The van der Waals surface area contributed by atoms with Crippen molar-refractivity contribution in [3.05, 3.63) is 29.7 Å². The van der Waals surface area contributed by atoms with Gasteiger partial charge in [-0.3, -0.25) is 0 Å². The number of hydrogen-bond acceptors (Lipinski definition) is 5. The van der Waals surface area contributed by atoms with E-state index in [-0.39, 0.29) is 0 Å². The predicted molar refractivity (Wildman–Crippen MR) is 72.9 cm³/mol. The van der Waals surface area contributed by atoms with Crippen LogP contribution in [0.1, 0.15) is 30.1 Å². The van der Waals surface area contributed by atoms with E-state index in [2.05, 4.69) is 15.0 Å². The topological polar surface area (TPSA) is 73.9 Å². The van der Waals surface area contributed by atoms with Crippen molar-refractivity contribution >= 4 is 5.82 Å². The van der Waals surface area contributed by atoms with Gasteiger partial charge in [0, 0.05) is 29.3 Å². The summed E-state index contributed by atoms with van der Waals surface area (Å²) in [7, 11) is 1.60. The molecule has 2 aromatic heterocycles. The van der Waals surface area contributed by atoms with E-state index in [9.17, 15) is 0 Å². The maximum absolute atomic E-state index is 5.98. The Morgan fingerprint density at radius 1 is 1.26 bits per heavy atom. The van der Waals surface area contributed by atoms with Crippen molar-refractivity contribution in [2.24, 2.45) is 0 Å². The highest BCUT2D eigenvalue weighted by Gasteiger charge is 2.28. The van der Waals surface area contributed by atoms with Crippen molar-refractivity contribution < 1.29 is 4.74 Å². The molecule has 3 rings (SSSR count). The van der Waals surface area contributed by atoms with Gasteiger partial charge in [0.2, 0.25) is 5.88 Å². The van der Waals surface area contributed by atoms with Crippen molar-refractivity contribution in [3.8, 4) is 17.1 Å². The zero-order valence-corrected chi connectivity index (χ0v) is 11.1. The summed E-state index contributed by atoms with van der Waals surface area (Å²) in [4.78, 5) is 13.2. The summed E-state index contributed by atoms with van der Waals surface area (Å²) in [5.74, 6) is 2.48. The second-order valence-electron chi connectivity index (χ2n) is 4.80. The van der Waals surface area contributed by atoms with Crippen LogP contribution in [-0.4, -0.2) is 22.1 Å². The number of nitrogens with zero attached hydrogens (tertiary/aromatic N) is 3. The van der Waals surface area contributed by atoms with Crippen LogP contribution in [0.5, 0.6) is 5.88 Å². The van der Waals surface area contributed by atoms with E-state index in [0.29, 0.717) is 17.6 Å². The van der Waals surface area contributed by atoms with Crippen LogP contribution in [0.4, 0.5) is 5.82 Å². The number of aromatic nitrogens is 3. The minimum absolute atomic E-state index is 0.479. The van der Waals surface area contributed by atoms with Gasteiger partial charge in [-0.2, -0.15) is 0 Å².